The molecule has 0 heterocycles. The fourth-order valence-electron chi connectivity index (χ4n) is 2.01. The Kier molecular flexibility index (Phi) is 5.50. The largest absolute Gasteiger partial charge is 0.457 e. The van der Waals surface area contributed by atoms with Crippen LogP contribution in [-0.2, 0) is 11.3 Å². The molecule has 0 amide bonds. The number of nitrogens with zero attached hydrogens (tertiary/aromatic N) is 1. The van der Waals surface area contributed by atoms with Gasteiger partial charge in [0.2, 0.25) is 0 Å². The molecule has 0 N–H and O–H groups in total. The van der Waals surface area contributed by atoms with Crippen molar-refractivity contribution >= 4 is 27.6 Å². The maximum Gasteiger partial charge on any atom is 0.338 e. The van der Waals surface area contributed by atoms with Crippen molar-refractivity contribution in [2.24, 2.45) is 0 Å². The number of nitro groups is 1. The SMILES string of the molecule is CC(C)c1ccc(COC(=O)c2ccc(Br)c([N+](=O)[O-])c2)cc1. The van der Waals surface area contributed by atoms with E-state index in [2.05, 4.69) is 29.8 Å². The molecular formula is C17H16BrNO4. The second kappa shape index (κ2) is 7.37. The minimum absolute atomic E-state index is 0.126. The van der Waals surface area contributed by atoms with Crippen LogP contribution >= 0.6 is 15.9 Å². The van der Waals surface area contributed by atoms with Crippen molar-refractivity contribution in [3.8, 4) is 0 Å². The van der Waals surface area contributed by atoms with Crippen LogP contribution in [0.25, 0.3) is 0 Å². The topological polar surface area (TPSA) is 69.4 Å². The number of carbonyl (C=O) groups excluding carboxylic acids is 1. The molecule has 6 heteroatoms. The number of rotatable bonds is 5. The molecule has 120 valence electrons. The van der Waals surface area contributed by atoms with E-state index in [1.54, 1.807) is 0 Å². The van der Waals surface area contributed by atoms with Crippen LogP contribution in [0.4, 0.5) is 5.69 Å². The van der Waals surface area contributed by atoms with Gasteiger partial charge in [0, 0.05) is 6.07 Å². The molecule has 5 nitrogen and oxygen atoms in total. The number of esters is 1. The number of ether oxygens (including phenoxy) is 1. The standard InChI is InChI=1S/C17H16BrNO4/c1-11(2)13-5-3-12(4-6-13)10-23-17(20)14-7-8-15(18)16(9-14)19(21)22/h3-9,11H,10H2,1-2H3. The molecule has 2 aromatic rings. The van der Waals surface area contributed by atoms with E-state index in [4.69, 9.17) is 4.74 Å². The molecule has 0 unspecified atom stereocenters. The van der Waals surface area contributed by atoms with Crippen LogP contribution in [0.15, 0.2) is 46.9 Å². The molecule has 0 aromatic heterocycles. The minimum Gasteiger partial charge on any atom is -0.457 e. The van der Waals surface area contributed by atoms with Crippen molar-refractivity contribution in [1.82, 2.24) is 0 Å². The minimum atomic E-state index is -0.589. The summed E-state index contributed by atoms with van der Waals surface area (Å²) in [5.41, 5.74) is 2.07. The second-order valence-corrected chi connectivity index (χ2v) is 6.25. The maximum absolute atomic E-state index is 12.0. The number of halogens is 1. The lowest BCUT2D eigenvalue weighted by Gasteiger charge is -2.08. The summed E-state index contributed by atoms with van der Waals surface area (Å²) in [7, 11) is 0. The highest BCUT2D eigenvalue weighted by Crippen LogP contribution is 2.26. The first-order valence-corrected chi connectivity index (χ1v) is 7.87. The summed E-state index contributed by atoms with van der Waals surface area (Å²) >= 11 is 3.08. The zero-order valence-corrected chi connectivity index (χ0v) is 14.4. The van der Waals surface area contributed by atoms with Gasteiger partial charge in [0.05, 0.1) is 15.0 Å². The molecule has 0 radical (unpaired) electrons. The van der Waals surface area contributed by atoms with Gasteiger partial charge in [0.1, 0.15) is 6.61 Å². The van der Waals surface area contributed by atoms with Gasteiger partial charge in [-0.25, -0.2) is 4.79 Å². The normalized spacial score (nSPS) is 10.6. The Morgan fingerprint density at radius 2 is 1.87 bits per heavy atom. The highest BCUT2D eigenvalue weighted by molar-refractivity contribution is 9.10. The molecule has 0 atom stereocenters. The summed E-state index contributed by atoms with van der Waals surface area (Å²) in [6.07, 6.45) is 0. The third-order valence-corrected chi connectivity index (χ3v) is 4.07. The van der Waals surface area contributed by atoms with Gasteiger partial charge in [0.25, 0.3) is 5.69 Å². The zero-order valence-electron chi connectivity index (χ0n) is 12.8. The van der Waals surface area contributed by atoms with Gasteiger partial charge in [-0.15, -0.1) is 0 Å². The lowest BCUT2D eigenvalue weighted by atomic mass is 10.0. The van der Waals surface area contributed by atoms with E-state index >= 15 is 0 Å². The quantitative estimate of drug-likeness (QED) is 0.424. The molecule has 0 spiro atoms. The summed E-state index contributed by atoms with van der Waals surface area (Å²) in [5.74, 6) is -0.150. The molecule has 0 saturated heterocycles. The predicted molar refractivity (Wildman–Crippen MR) is 90.4 cm³/mol. The van der Waals surface area contributed by atoms with E-state index in [-0.39, 0.29) is 17.9 Å². The van der Waals surface area contributed by atoms with Crippen LogP contribution in [0, 0.1) is 10.1 Å². The zero-order chi connectivity index (χ0) is 17.0. The molecule has 0 saturated carbocycles. The van der Waals surface area contributed by atoms with E-state index in [1.165, 1.54) is 23.8 Å². The first-order chi connectivity index (χ1) is 10.9. The highest BCUT2D eigenvalue weighted by atomic mass is 79.9. The third-order valence-electron chi connectivity index (χ3n) is 3.39. The Morgan fingerprint density at radius 1 is 1.22 bits per heavy atom. The second-order valence-electron chi connectivity index (χ2n) is 5.40. The summed E-state index contributed by atoms with van der Waals surface area (Å²) in [5, 5.41) is 10.9. The maximum atomic E-state index is 12.0. The van der Waals surface area contributed by atoms with E-state index in [1.807, 2.05) is 24.3 Å². The molecule has 2 rings (SSSR count). The third kappa shape index (κ3) is 4.39. The Morgan fingerprint density at radius 3 is 2.43 bits per heavy atom. The van der Waals surface area contributed by atoms with Gasteiger partial charge in [-0.2, -0.15) is 0 Å². The number of hydrogen-bond acceptors (Lipinski definition) is 4. The number of benzene rings is 2. The fourth-order valence-corrected chi connectivity index (χ4v) is 2.40. The summed E-state index contributed by atoms with van der Waals surface area (Å²) in [6, 6.07) is 12.0. The van der Waals surface area contributed by atoms with Gasteiger partial charge in [0.15, 0.2) is 0 Å². The molecule has 0 aliphatic carbocycles. The van der Waals surface area contributed by atoms with E-state index in [0.717, 1.165) is 5.56 Å². The van der Waals surface area contributed by atoms with E-state index in [0.29, 0.717) is 10.4 Å². The van der Waals surface area contributed by atoms with Crippen LogP contribution in [0.2, 0.25) is 0 Å². The lowest BCUT2D eigenvalue weighted by Crippen LogP contribution is -2.06. The van der Waals surface area contributed by atoms with Crippen LogP contribution in [0.5, 0.6) is 0 Å². The van der Waals surface area contributed by atoms with Crippen LogP contribution in [0.1, 0.15) is 41.3 Å². The van der Waals surface area contributed by atoms with Gasteiger partial charge in [-0.05, 0) is 45.1 Å². The van der Waals surface area contributed by atoms with Crippen molar-refractivity contribution in [2.45, 2.75) is 26.4 Å². The van der Waals surface area contributed by atoms with Crippen LogP contribution in [0.3, 0.4) is 0 Å². The average molecular weight is 378 g/mol. The molecular weight excluding hydrogens is 362 g/mol. The Hall–Kier alpha value is -2.21. The smallest absolute Gasteiger partial charge is 0.338 e. The molecule has 2 aromatic carbocycles. The summed E-state index contributed by atoms with van der Waals surface area (Å²) in [6.45, 7) is 4.34. The first kappa shape index (κ1) is 17.1. The number of carbonyl (C=O) groups is 1. The van der Waals surface area contributed by atoms with Crippen molar-refractivity contribution < 1.29 is 14.5 Å². The van der Waals surface area contributed by atoms with Crippen molar-refractivity contribution in [3.63, 3.8) is 0 Å². The molecule has 0 bridgehead atoms. The molecule has 0 aliphatic rings. The molecule has 23 heavy (non-hydrogen) atoms. The van der Waals surface area contributed by atoms with Crippen LogP contribution < -0.4 is 0 Å². The van der Waals surface area contributed by atoms with Gasteiger partial charge >= 0.3 is 5.97 Å². The van der Waals surface area contributed by atoms with Crippen molar-refractivity contribution in [1.29, 1.82) is 0 Å². The monoisotopic (exact) mass is 377 g/mol. The predicted octanol–water partition coefficient (Wildman–Crippen LogP) is 4.84. The number of hydrogen-bond donors (Lipinski definition) is 0. The first-order valence-electron chi connectivity index (χ1n) is 7.08. The summed E-state index contributed by atoms with van der Waals surface area (Å²) in [4.78, 5) is 22.4. The Bertz CT molecular complexity index is 726. The summed E-state index contributed by atoms with van der Waals surface area (Å²) < 4.78 is 5.53. The lowest BCUT2D eigenvalue weighted by molar-refractivity contribution is -0.385. The van der Waals surface area contributed by atoms with Crippen molar-refractivity contribution in [2.75, 3.05) is 0 Å². The number of nitro benzene ring substituents is 1. The fraction of sp³-hybridized carbons (Fsp3) is 0.235. The molecule has 0 aliphatic heterocycles. The van der Waals surface area contributed by atoms with Crippen molar-refractivity contribution in [3.05, 3.63) is 73.7 Å². The van der Waals surface area contributed by atoms with E-state index < -0.39 is 10.9 Å². The van der Waals surface area contributed by atoms with Crippen LogP contribution in [-0.4, -0.2) is 10.9 Å². The Labute approximate surface area is 142 Å². The molecule has 0 fully saturated rings. The van der Waals surface area contributed by atoms with Gasteiger partial charge in [-0.3, -0.25) is 10.1 Å². The Balaban J connectivity index is 2.05. The van der Waals surface area contributed by atoms with Gasteiger partial charge < -0.3 is 4.74 Å². The highest BCUT2D eigenvalue weighted by Gasteiger charge is 2.16. The average Bonchev–Trinajstić information content (AvgIpc) is 2.53. The van der Waals surface area contributed by atoms with E-state index in [9.17, 15) is 14.9 Å². The van der Waals surface area contributed by atoms with Gasteiger partial charge in [-0.1, -0.05) is 38.1 Å².